The molecule has 0 bridgehead atoms. The van der Waals surface area contributed by atoms with Crippen molar-refractivity contribution in [2.24, 2.45) is 5.92 Å². The van der Waals surface area contributed by atoms with Crippen molar-refractivity contribution in [1.82, 2.24) is 10.2 Å². The topological polar surface area (TPSA) is 41.6 Å². The van der Waals surface area contributed by atoms with E-state index >= 15 is 0 Å². The lowest BCUT2D eigenvalue weighted by atomic mass is 10.4. The first-order chi connectivity index (χ1) is 7.27. The molecule has 0 spiro atoms. The molecular weight excluding hydrogens is 192 g/mol. The molecule has 88 valence electrons. The zero-order chi connectivity index (χ0) is 11.1. The van der Waals surface area contributed by atoms with Gasteiger partial charge in [-0.2, -0.15) is 0 Å². The Morgan fingerprint density at radius 1 is 1.53 bits per heavy atom. The Hall–Kier alpha value is -0.610. The summed E-state index contributed by atoms with van der Waals surface area (Å²) in [6.45, 7) is 5.52. The predicted molar refractivity (Wildman–Crippen MR) is 59.7 cm³/mol. The van der Waals surface area contributed by atoms with Gasteiger partial charge in [0.15, 0.2) is 0 Å². The van der Waals surface area contributed by atoms with Gasteiger partial charge in [-0.25, -0.2) is 0 Å². The summed E-state index contributed by atoms with van der Waals surface area (Å²) in [7, 11) is 1.66. The lowest BCUT2D eigenvalue weighted by molar-refractivity contribution is -0.130. The summed E-state index contributed by atoms with van der Waals surface area (Å²) in [6, 6.07) is 0. The number of hydrogen-bond donors (Lipinski definition) is 1. The maximum Gasteiger partial charge on any atom is 0.236 e. The van der Waals surface area contributed by atoms with Crippen LogP contribution < -0.4 is 5.32 Å². The Morgan fingerprint density at radius 3 is 2.80 bits per heavy atom. The van der Waals surface area contributed by atoms with E-state index in [1.54, 1.807) is 7.11 Å². The van der Waals surface area contributed by atoms with Crippen LogP contribution in [0.15, 0.2) is 0 Å². The second kappa shape index (κ2) is 6.80. The minimum Gasteiger partial charge on any atom is -0.383 e. The van der Waals surface area contributed by atoms with E-state index in [1.807, 2.05) is 11.8 Å². The Balaban J connectivity index is 2.10. The van der Waals surface area contributed by atoms with Crippen molar-refractivity contribution in [1.29, 1.82) is 0 Å². The van der Waals surface area contributed by atoms with Crippen LogP contribution in [0.5, 0.6) is 0 Å². The van der Waals surface area contributed by atoms with Gasteiger partial charge in [0, 0.05) is 20.2 Å². The highest BCUT2D eigenvalue weighted by Crippen LogP contribution is 2.27. The van der Waals surface area contributed by atoms with Gasteiger partial charge in [0.2, 0.25) is 5.91 Å². The average molecular weight is 214 g/mol. The van der Waals surface area contributed by atoms with Crippen LogP contribution in [0.1, 0.15) is 19.8 Å². The molecule has 1 N–H and O–H groups in total. The summed E-state index contributed by atoms with van der Waals surface area (Å²) >= 11 is 0. The number of carbonyl (C=O) groups excluding carboxylic acids is 1. The highest BCUT2D eigenvalue weighted by Gasteiger charge is 2.21. The Morgan fingerprint density at radius 2 is 2.27 bits per heavy atom. The summed E-state index contributed by atoms with van der Waals surface area (Å²) in [5.74, 6) is 1.00. The van der Waals surface area contributed by atoms with Gasteiger partial charge in [-0.15, -0.1) is 0 Å². The van der Waals surface area contributed by atoms with Crippen LogP contribution in [-0.4, -0.2) is 50.7 Å². The molecule has 1 aliphatic carbocycles. The van der Waals surface area contributed by atoms with Crippen LogP contribution >= 0.6 is 0 Å². The van der Waals surface area contributed by atoms with Crippen molar-refractivity contribution in [2.75, 3.05) is 39.9 Å². The number of rotatable bonds is 8. The van der Waals surface area contributed by atoms with Crippen LogP contribution in [0.25, 0.3) is 0 Å². The molecule has 1 rings (SSSR count). The molecular formula is C11H22N2O2. The molecule has 0 heterocycles. The summed E-state index contributed by atoms with van der Waals surface area (Å²) in [4.78, 5) is 13.5. The molecule has 0 atom stereocenters. The molecule has 1 saturated carbocycles. The zero-order valence-corrected chi connectivity index (χ0v) is 9.79. The van der Waals surface area contributed by atoms with E-state index in [0.29, 0.717) is 19.7 Å². The second-order valence-electron chi connectivity index (χ2n) is 4.04. The summed E-state index contributed by atoms with van der Waals surface area (Å²) in [5, 5.41) is 3.21. The minimum atomic E-state index is 0.176. The maximum atomic E-state index is 11.7. The van der Waals surface area contributed by atoms with Crippen molar-refractivity contribution in [3.05, 3.63) is 0 Å². The van der Waals surface area contributed by atoms with E-state index < -0.39 is 0 Å². The Bertz CT molecular complexity index is 193. The minimum absolute atomic E-state index is 0.176. The quantitative estimate of drug-likeness (QED) is 0.639. The molecule has 0 saturated heterocycles. The molecule has 0 radical (unpaired) electrons. The number of carbonyl (C=O) groups is 1. The molecule has 0 aromatic heterocycles. The second-order valence-corrected chi connectivity index (χ2v) is 4.04. The van der Waals surface area contributed by atoms with Gasteiger partial charge in [0.1, 0.15) is 0 Å². The highest BCUT2D eigenvalue weighted by molar-refractivity contribution is 5.78. The lowest BCUT2D eigenvalue weighted by Gasteiger charge is -2.20. The number of hydrogen-bond acceptors (Lipinski definition) is 3. The monoisotopic (exact) mass is 214 g/mol. The van der Waals surface area contributed by atoms with E-state index in [1.165, 1.54) is 12.8 Å². The molecule has 1 fully saturated rings. The van der Waals surface area contributed by atoms with Crippen molar-refractivity contribution in [2.45, 2.75) is 19.8 Å². The molecule has 0 aliphatic heterocycles. The predicted octanol–water partition coefficient (Wildman–Crippen LogP) is 0.481. The van der Waals surface area contributed by atoms with Crippen LogP contribution in [0.4, 0.5) is 0 Å². The SMILES string of the molecule is CCN(CCOC)C(=O)CNCC1CC1. The molecule has 0 aromatic carbocycles. The first kappa shape index (κ1) is 12.5. The molecule has 0 aromatic rings. The molecule has 4 nitrogen and oxygen atoms in total. The standard InChI is InChI=1S/C11H22N2O2/c1-3-13(6-7-15-2)11(14)9-12-8-10-4-5-10/h10,12H,3-9H2,1-2H3. The fourth-order valence-corrected chi connectivity index (χ4v) is 1.48. The number of nitrogens with one attached hydrogen (secondary N) is 1. The van der Waals surface area contributed by atoms with Gasteiger partial charge in [0.25, 0.3) is 0 Å². The largest absolute Gasteiger partial charge is 0.383 e. The van der Waals surface area contributed by atoms with Gasteiger partial charge in [-0.05, 0) is 32.2 Å². The lowest BCUT2D eigenvalue weighted by Crippen LogP contribution is -2.40. The summed E-state index contributed by atoms with van der Waals surface area (Å²) < 4.78 is 4.96. The van der Waals surface area contributed by atoms with E-state index in [-0.39, 0.29) is 5.91 Å². The van der Waals surface area contributed by atoms with Crippen molar-refractivity contribution in [3.63, 3.8) is 0 Å². The fourth-order valence-electron chi connectivity index (χ4n) is 1.48. The molecule has 15 heavy (non-hydrogen) atoms. The van der Waals surface area contributed by atoms with E-state index in [9.17, 15) is 4.79 Å². The normalized spacial score (nSPS) is 15.3. The smallest absolute Gasteiger partial charge is 0.236 e. The van der Waals surface area contributed by atoms with Gasteiger partial charge in [0.05, 0.1) is 13.2 Å². The average Bonchev–Trinajstić information content (AvgIpc) is 3.03. The number of amides is 1. The Kier molecular flexibility index (Phi) is 5.65. The van der Waals surface area contributed by atoms with Crippen molar-refractivity contribution < 1.29 is 9.53 Å². The number of nitrogens with zero attached hydrogens (tertiary/aromatic N) is 1. The third kappa shape index (κ3) is 5.14. The van der Waals surface area contributed by atoms with Crippen molar-refractivity contribution >= 4 is 5.91 Å². The summed E-state index contributed by atoms with van der Waals surface area (Å²) in [5.41, 5.74) is 0. The van der Waals surface area contributed by atoms with Gasteiger partial charge in [-0.3, -0.25) is 4.79 Å². The molecule has 0 unspecified atom stereocenters. The third-order valence-corrected chi connectivity index (χ3v) is 2.71. The van der Waals surface area contributed by atoms with Crippen LogP contribution in [-0.2, 0) is 9.53 Å². The number of likely N-dealkylation sites (N-methyl/N-ethyl adjacent to an activating group) is 1. The molecule has 1 amide bonds. The van der Waals surface area contributed by atoms with E-state index in [4.69, 9.17) is 4.74 Å². The van der Waals surface area contributed by atoms with E-state index in [0.717, 1.165) is 19.0 Å². The third-order valence-electron chi connectivity index (χ3n) is 2.71. The van der Waals surface area contributed by atoms with Gasteiger partial charge < -0.3 is 15.0 Å². The molecule has 4 heteroatoms. The first-order valence-corrected chi connectivity index (χ1v) is 5.75. The fraction of sp³-hybridized carbons (Fsp3) is 0.909. The maximum absolute atomic E-state index is 11.7. The van der Waals surface area contributed by atoms with Gasteiger partial charge >= 0.3 is 0 Å². The Labute approximate surface area is 92.0 Å². The van der Waals surface area contributed by atoms with Gasteiger partial charge in [-0.1, -0.05) is 0 Å². The highest BCUT2D eigenvalue weighted by atomic mass is 16.5. The zero-order valence-electron chi connectivity index (χ0n) is 9.79. The number of ether oxygens (including phenoxy) is 1. The summed E-state index contributed by atoms with van der Waals surface area (Å²) in [6.07, 6.45) is 2.64. The first-order valence-electron chi connectivity index (χ1n) is 5.75. The van der Waals surface area contributed by atoms with Crippen LogP contribution in [0.2, 0.25) is 0 Å². The van der Waals surface area contributed by atoms with Crippen LogP contribution in [0.3, 0.4) is 0 Å². The number of methoxy groups -OCH3 is 1. The molecule has 1 aliphatic rings. The van der Waals surface area contributed by atoms with Crippen LogP contribution in [0, 0.1) is 5.92 Å². The van der Waals surface area contributed by atoms with E-state index in [2.05, 4.69) is 5.32 Å². The van der Waals surface area contributed by atoms with Crippen molar-refractivity contribution in [3.8, 4) is 0 Å².